The Morgan fingerprint density at radius 3 is 2.71 bits per heavy atom. The number of hydrogen-bond donors (Lipinski definition) is 2. The quantitative estimate of drug-likeness (QED) is 0.634. The highest BCUT2D eigenvalue weighted by molar-refractivity contribution is 6.31. The van der Waals surface area contributed by atoms with Crippen molar-refractivity contribution in [2.24, 2.45) is 0 Å². The lowest BCUT2D eigenvalue weighted by molar-refractivity contribution is -0.117. The molecule has 21 heavy (non-hydrogen) atoms. The molecule has 0 spiro atoms. The minimum absolute atomic E-state index is 0.156. The summed E-state index contributed by atoms with van der Waals surface area (Å²) in [5.74, 6) is -0.156. The van der Waals surface area contributed by atoms with Crippen molar-refractivity contribution in [2.45, 2.75) is 13.0 Å². The van der Waals surface area contributed by atoms with E-state index in [9.17, 15) is 4.79 Å². The number of nitrogens with two attached hydrogens (primary N) is 1. The Morgan fingerprint density at radius 2 is 1.95 bits per heavy atom. The predicted molar refractivity (Wildman–Crippen MR) is 85.2 cm³/mol. The molecule has 0 saturated heterocycles. The standard InChI is InChI=1S/C16H17ClN2O2/c17-13-6-7-14(18)15(10-13)19-16(20)8-9-21-11-12-4-2-1-3-5-12/h1-7,10H,8-9,11,18H2,(H,19,20). The van der Waals surface area contributed by atoms with Crippen LogP contribution in [-0.2, 0) is 16.1 Å². The Kier molecular flexibility index (Phi) is 5.60. The van der Waals surface area contributed by atoms with Crippen LogP contribution in [0.4, 0.5) is 11.4 Å². The normalized spacial score (nSPS) is 10.3. The monoisotopic (exact) mass is 304 g/mol. The Balaban J connectivity index is 1.74. The maximum atomic E-state index is 11.8. The van der Waals surface area contributed by atoms with Gasteiger partial charge in [0.15, 0.2) is 0 Å². The zero-order valence-corrected chi connectivity index (χ0v) is 12.3. The highest BCUT2D eigenvalue weighted by Gasteiger charge is 2.06. The van der Waals surface area contributed by atoms with Crippen LogP contribution in [0.2, 0.25) is 5.02 Å². The van der Waals surface area contributed by atoms with Crippen molar-refractivity contribution in [3.63, 3.8) is 0 Å². The molecule has 0 unspecified atom stereocenters. The van der Waals surface area contributed by atoms with Crippen LogP contribution in [-0.4, -0.2) is 12.5 Å². The number of nitrogen functional groups attached to an aromatic ring is 1. The number of halogens is 1. The average Bonchev–Trinajstić information content (AvgIpc) is 2.48. The van der Waals surface area contributed by atoms with Gasteiger partial charge in [0, 0.05) is 5.02 Å². The molecule has 0 fully saturated rings. The molecule has 2 aromatic rings. The largest absolute Gasteiger partial charge is 0.397 e. The van der Waals surface area contributed by atoms with Crippen molar-refractivity contribution >= 4 is 28.9 Å². The number of amides is 1. The molecule has 5 heteroatoms. The molecule has 0 saturated carbocycles. The van der Waals surface area contributed by atoms with Gasteiger partial charge >= 0.3 is 0 Å². The minimum atomic E-state index is -0.156. The summed E-state index contributed by atoms with van der Waals surface area (Å²) in [6.07, 6.45) is 0.263. The van der Waals surface area contributed by atoms with Gasteiger partial charge in [0.2, 0.25) is 5.91 Å². The van der Waals surface area contributed by atoms with Gasteiger partial charge in [-0.05, 0) is 23.8 Å². The molecule has 0 aliphatic carbocycles. The summed E-state index contributed by atoms with van der Waals surface area (Å²) in [6.45, 7) is 0.842. The van der Waals surface area contributed by atoms with Crippen molar-refractivity contribution < 1.29 is 9.53 Å². The number of hydrogen-bond acceptors (Lipinski definition) is 3. The van der Waals surface area contributed by atoms with Crippen LogP contribution in [0.5, 0.6) is 0 Å². The van der Waals surface area contributed by atoms with Gasteiger partial charge in [-0.1, -0.05) is 41.9 Å². The lowest BCUT2D eigenvalue weighted by atomic mass is 10.2. The van der Waals surface area contributed by atoms with Crippen LogP contribution in [0.15, 0.2) is 48.5 Å². The van der Waals surface area contributed by atoms with E-state index in [1.807, 2.05) is 30.3 Å². The van der Waals surface area contributed by atoms with Gasteiger partial charge in [-0.25, -0.2) is 0 Å². The molecule has 0 bridgehead atoms. The predicted octanol–water partition coefficient (Wildman–Crippen LogP) is 3.47. The van der Waals surface area contributed by atoms with Gasteiger partial charge in [-0.3, -0.25) is 4.79 Å². The summed E-state index contributed by atoms with van der Waals surface area (Å²) < 4.78 is 5.46. The van der Waals surface area contributed by atoms with E-state index in [1.165, 1.54) is 0 Å². The molecule has 4 nitrogen and oxygen atoms in total. The fraction of sp³-hybridized carbons (Fsp3) is 0.188. The van der Waals surface area contributed by atoms with E-state index in [-0.39, 0.29) is 12.3 Å². The zero-order valence-electron chi connectivity index (χ0n) is 11.5. The van der Waals surface area contributed by atoms with E-state index >= 15 is 0 Å². The molecule has 2 aromatic carbocycles. The molecular weight excluding hydrogens is 288 g/mol. The van der Waals surface area contributed by atoms with E-state index in [0.29, 0.717) is 29.6 Å². The highest BCUT2D eigenvalue weighted by atomic mass is 35.5. The van der Waals surface area contributed by atoms with Gasteiger partial charge < -0.3 is 15.8 Å². The van der Waals surface area contributed by atoms with Crippen LogP contribution >= 0.6 is 11.6 Å². The number of carbonyl (C=O) groups is 1. The molecule has 110 valence electrons. The summed E-state index contributed by atoms with van der Waals surface area (Å²) in [4.78, 5) is 11.8. The highest BCUT2D eigenvalue weighted by Crippen LogP contribution is 2.22. The molecule has 0 heterocycles. The number of nitrogens with one attached hydrogen (secondary N) is 1. The fourth-order valence-electron chi connectivity index (χ4n) is 1.78. The lowest BCUT2D eigenvalue weighted by Gasteiger charge is -2.09. The third-order valence-corrected chi connectivity index (χ3v) is 3.11. The fourth-order valence-corrected chi connectivity index (χ4v) is 1.95. The van der Waals surface area contributed by atoms with Gasteiger partial charge in [-0.15, -0.1) is 0 Å². The Bertz CT molecular complexity index is 602. The Labute approximate surface area is 128 Å². The second-order valence-electron chi connectivity index (χ2n) is 4.57. The average molecular weight is 305 g/mol. The summed E-state index contributed by atoms with van der Waals surface area (Å²) in [5, 5.41) is 3.25. The third kappa shape index (κ3) is 5.10. The van der Waals surface area contributed by atoms with Crippen LogP contribution < -0.4 is 11.1 Å². The molecule has 0 atom stereocenters. The lowest BCUT2D eigenvalue weighted by Crippen LogP contribution is -2.15. The molecule has 0 aliphatic rings. The SMILES string of the molecule is Nc1ccc(Cl)cc1NC(=O)CCOCc1ccccc1. The van der Waals surface area contributed by atoms with Gasteiger partial charge in [-0.2, -0.15) is 0 Å². The third-order valence-electron chi connectivity index (χ3n) is 2.87. The number of anilines is 2. The summed E-state index contributed by atoms with van der Waals surface area (Å²) >= 11 is 5.86. The van der Waals surface area contributed by atoms with Gasteiger partial charge in [0.1, 0.15) is 0 Å². The first-order valence-corrected chi connectivity index (χ1v) is 6.99. The summed E-state index contributed by atoms with van der Waals surface area (Å²) in [6, 6.07) is 14.8. The smallest absolute Gasteiger partial charge is 0.226 e. The van der Waals surface area contributed by atoms with E-state index in [4.69, 9.17) is 22.1 Å². The minimum Gasteiger partial charge on any atom is -0.397 e. The van der Waals surface area contributed by atoms with Crippen LogP contribution in [0.3, 0.4) is 0 Å². The van der Waals surface area contributed by atoms with E-state index in [2.05, 4.69) is 5.32 Å². The Morgan fingerprint density at radius 1 is 1.19 bits per heavy atom. The molecule has 0 radical (unpaired) electrons. The summed E-state index contributed by atoms with van der Waals surface area (Å²) in [7, 11) is 0. The van der Waals surface area contributed by atoms with Crippen molar-refractivity contribution in [1.82, 2.24) is 0 Å². The maximum Gasteiger partial charge on any atom is 0.226 e. The first-order valence-electron chi connectivity index (χ1n) is 6.61. The number of benzene rings is 2. The zero-order chi connectivity index (χ0) is 15.1. The van der Waals surface area contributed by atoms with Crippen molar-refractivity contribution in [1.29, 1.82) is 0 Å². The number of ether oxygens (including phenoxy) is 1. The van der Waals surface area contributed by atoms with Crippen LogP contribution in [0.1, 0.15) is 12.0 Å². The first kappa shape index (κ1) is 15.4. The molecule has 0 aromatic heterocycles. The van der Waals surface area contributed by atoms with Crippen molar-refractivity contribution in [3.05, 3.63) is 59.1 Å². The second-order valence-corrected chi connectivity index (χ2v) is 5.00. The van der Waals surface area contributed by atoms with Crippen LogP contribution in [0.25, 0.3) is 0 Å². The topological polar surface area (TPSA) is 64.3 Å². The molecule has 1 amide bonds. The molecule has 2 rings (SSSR count). The van der Waals surface area contributed by atoms with Gasteiger partial charge in [0.25, 0.3) is 0 Å². The number of carbonyl (C=O) groups excluding carboxylic acids is 1. The second kappa shape index (κ2) is 7.67. The Hall–Kier alpha value is -2.04. The van der Waals surface area contributed by atoms with E-state index in [1.54, 1.807) is 18.2 Å². The molecular formula is C16H17ClN2O2. The van der Waals surface area contributed by atoms with Gasteiger partial charge in [0.05, 0.1) is 31.0 Å². The number of rotatable bonds is 6. The molecule has 0 aliphatic heterocycles. The van der Waals surface area contributed by atoms with E-state index in [0.717, 1.165) is 5.56 Å². The first-order chi connectivity index (χ1) is 10.1. The summed E-state index contributed by atoms with van der Waals surface area (Å²) in [5.41, 5.74) is 7.85. The van der Waals surface area contributed by atoms with Crippen LogP contribution in [0, 0.1) is 0 Å². The van der Waals surface area contributed by atoms with E-state index < -0.39 is 0 Å². The maximum absolute atomic E-state index is 11.8. The van der Waals surface area contributed by atoms with Crippen molar-refractivity contribution in [2.75, 3.05) is 17.7 Å². The molecule has 3 N–H and O–H groups in total. The van der Waals surface area contributed by atoms with Crippen molar-refractivity contribution in [3.8, 4) is 0 Å².